The smallest absolute Gasteiger partial charge is 0.126 e. The molecule has 1 aromatic heterocycles. The van der Waals surface area contributed by atoms with E-state index in [4.69, 9.17) is 16.3 Å². The number of methoxy groups -OCH3 is 1. The highest BCUT2D eigenvalue weighted by atomic mass is 35.5. The summed E-state index contributed by atoms with van der Waals surface area (Å²) in [6, 6.07) is 0. The van der Waals surface area contributed by atoms with Gasteiger partial charge in [0.2, 0.25) is 0 Å². The van der Waals surface area contributed by atoms with Crippen molar-refractivity contribution in [3.05, 3.63) is 16.9 Å². The molecule has 114 valence electrons. The first-order valence-electron chi connectivity index (χ1n) is 7.59. The fraction of sp³-hybridized carbons (Fsp3) is 0.800. The molecule has 4 nitrogen and oxygen atoms in total. The largest absolute Gasteiger partial charge is 0.384 e. The lowest BCUT2D eigenvalue weighted by atomic mass is 9.86. The van der Waals surface area contributed by atoms with Crippen molar-refractivity contribution in [3.63, 3.8) is 0 Å². The molecule has 1 atom stereocenters. The number of hydrogen-bond donors (Lipinski definition) is 1. The molecule has 1 aliphatic carbocycles. The van der Waals surface area contributed by atoms with Gasteiger partial charge in [-0.15, -0.1) is 0 Å². The SMILES string of the molecule is CCCn1ncc(Cl)c1C(O)C1(OC)CCCCCC1. The van der Waals surface area contributed by atoms with Gasteiger partial charge in [0, 0.05) is 13.7 Å². The summed E-state index contributed by atoms with van der Waals surface area (Å²) < 4.78 is 7.60. The van der Waals surface area contributed by atoms with Crippen molar-refractivity contribution < 1.29 is 9.84 Å². The van der Waals surface area contributed by atoms with E-state index in [9.17, 15) is 5.11 Å². The van der Waals surface area contributed by atoms with Crippen LogP contribution < -0.4 is 0 Å². The van der Waals surface area contributed by atoms with Crippen LogP contribution in [0.2, 0.25) is 5.02 Å². The molecule has 0 aromatic carbocycles. The number of halogens is 1. The molecular weight excluding hydrogens is 276 g/mol. The van der Waals surface area contributed by atoms with Gasteiger partial charge >= 0.3 is 0 Å². The van der Waals surface area contributed by atoms with Crippen LogP contribution in [0, 0.1) is 0 Å². The van der Waals surface area contributed by atoms with Crippen LogP contribution in [-0.2, 0) is 11.3 Å². The summed E-state index contributed by atoms with van der Waals surface area (Å²) in [6.07, 6.45) is 8.20. The topological polar surface area (TPSA) is 47.3 Å². The number of aliphatic hydroxyl groups excluding tert-OH is 1. The van der Waals surface area contributed by atoms with E-state index in [1.165, 1.54) is 12.8 Å². The van der Waals surface area contributed by atoms with Gasteiger partial charge in [-0.3, -0.25) is 4.68 Å². The zero-order valence-electron chi connectivity index (χ0n) is 12.4. The molecular formula is C15H25ClN2O2. The van der Waals surface area contributed by atoms with Gasteiger partial charge in [0.05, 0.1) is 22.5 Å². The van der Waals surface area contributed by atoms with Crippen LogP contribution in [0.15, 0.2) is 6.20 Å². The van der Waals surface area contributed by atoms with E-state index in [1.807, 2.05) is 4.68 Å². The van der Waals surface area contributed by atoms with E-state index in [0.717, 1.165) is 38.6 Å². The van der Waals surface area contributed by atoms with Crippen LogP contribution in [0.3, 0.4) is 0 Å². The van der Waals surface area contributed by atoms with Crippen LogP contribution in [0.1, 0.15) is 63.7 Å². The number of aromatic nitrogens is 2. The number of aliphatic hydroxyl groups is 1. The molecule has 0 bridgehead atoms. The number of hydrogen-bond acceptors (Lipinski definition) is 3. The summed E-state index contributed by atoms with van der Waals surface area (Å²) in [6.45, 7) is 2.85. The van der Waals surface area contributed by atoms with Gasteiger partial charge in [-0.1, -0.05) is 44.2 Å². The molecule has 1 saturated carbocycles. The third kappa shape index (κ3) is 3.02. The summed E-state index contributed by atoms with van der Waals surface area (Å²) in [4.78, 5) is 0. The van der Waals surface area contributed by atoms with E-state index in [-0.39, 0.29) is 0 Å². The molecule has 1 heterocycles. The van der Waals surface area contributed by atoms with Gasteiger partial charge in [-0.25, -0.2) is 0 Å². The predicted molar refractivity (Wildman–Crippen MR) is 79.9 cm³/mol. The molecule has 0 amide bonds. The Hall–Kier alpha value is -0.580. The summed E-state index contributed by atoms with van der Waals surface area (Å²) in [5, 5.41) is 15.7. The normalized spacial score (nSPS) is 20.6. The molecule has 1 unspecified atom stereocenters. The zero-order chi connectivity index (χ0) is 14.6. The maximum absolute atomic E-state index is 10.9. The number of nitrogens with zero attached hydrogens (tertiary/aromatic N) is 2. The van der Waals surface area contributed by atoms with Crippen LogP contribution >= 0.6 is 11.6 Å². The fourth-order valence-electron chi connectivity index (χ4n) is 3.20. The lowest BCUT2D eigenvalue weighted by molar-refractivity contribution is -0.117. The second-order valence-electron chi connectivity index (χ2n) is 5.69. The van der Waals surface area contributed by atoms with Crippen molar-refractivity contribution in [2.45, 2.75) is 70.1 Å². The predicted octanol–water partition coefficient (Wildman–Crippen LogP) is 3.72. The van der Waals surface area contributed by atoms with Crippen molar-refractivity contribution in [1.29, 1.82) is 0 Å². The molecule has 0 aliphatic heterocycles. The van der Waals surface area contributed by atoms with Gasteiger partial charge in [-0.05, 0) is 19.3 Å². The first-order valence-corrected chi connectivity index (χ1v) is 7.97. The van der Waals surface area contributed by atoms with Gasteiger partial charge in [0.1, 0.15) is 6.10 Å². The van der Waals surface area contributed by atoms with E-state index in [2.05, 4.69) is 12.0 Å². The second-order valence-corrected chi connectivity index (χ2v) is 6.09. The Morgan fingerprint density at radius 2 is 2.05 bits per heavy atom. The molecule has 1 aliphatic rings. The molecule has 0 saturated heterocycles. The highest BCUT2D eigenvalue weighted by Crippen LogP contribution is 2.42. The van der Waals surface area contributed by atoms with Crippen molar-refractivity contribution in [2.75, 3.05) is 7.11 Å². The summed E-state index contributed by atoms with van der Waals surface area (Å²) in [5.74, 6) is 0. The molecule has 0 radical (unpaired) electrons. The second kappa shape index (κ2) is 6.92. The Morgan fingerprint density at radius 3 is 2.60 bits per heavy atom. The van der Waals surface area contributed by atoms with Gasteiger partial charge in [0.25, 0.3) is 0 Å². The molecule has 1 N–H and O–H groups in total. The van der Waals surface area contributed by atoms with Crippen molar-refractivity contribution in [2.24, 2.45) is 0 Å². The quantitative estimate of drug-likeness (QED) is 0.843. The average molecular weight is 301 g/mol. The molecule has 1 fully saturated rings. The first-order chi connectivity index (χ1) is 9.64. The number of aryl methyl sites for hydroxylation is 1. The van der Waals surface area contributed by atoms with Crippen molar-refractivity contribution >= 4 is 11.6 Å². The van der Waals surface area contributed by atoms with E-state index < -0.39 is 11.7 Å². The lowest BCUT2D eigenvalue weighted by Crippen LogP contribution is -2.39. The highest BCUT2D eigenvalue weighted by molar-refractivity contribution is 6.31. The Balaban J connectivity index is 2.31. The zero-order valence-corrected chi connectivity index (χ0v) is 13.2. The fourth-order valence-corrected chi connectivity index (χ4v) is 3.44. The molecule has 0 spiro atoms. The Labute approximate surface area is 126 Å². The summed E-state index contributed by atoms with van der Waals surface area (Å²) >= 11 is 6.26. The Morgan fingerprint density at radius 1 is 1.40 bits per heavy atom. The van der Waals surface area contributed by atoms with E-state index >= 15 is 0 Å². The summed E-state index contributed by atoms with van der Waals surface area (Å²) in [5.41, 5.74) is 0.184. The lowest BCUT2D eigenvalue weighted by Gasteiger charge is -2.36. The Bertz CT molecular complexity index is 426. The minimum atomic E-state index is -0.716. The minimum Gasteiger partial charge on any atom is -0.384 e. The maximum Gasteiger partial charge on any atom is 0.126 e. The third-order valence-corrected chi connectivity index (χ3v) is 4.67. The van der Waals surface area contributed by atoms with Gasteiger partial charge in [-0.2, -0.15) is 5.10 Å². The van der Waals surface area contributed by atoms with Crippen LogP contribution in [-0.4, -0.2) is 27.6 Å². The van der Waals surface area contributed by atoms with Crippen LogP contribution in [0.25, 0.3) is 0 Å². The Kier molecular flexibility index (Phi) is 5.47. The highest BCUT2D eigenvalue weighted by Gasteiger charge is 2.41. The number of ether oxygens (including phenoxy) is 1. The van der Waals surface area contributed by atoms with Crippen LogP contribution in [0.4, 0.5) is 0 Å². The minimum absolute atomic E-state index is 0.522. The monoisotopic (exact) mass is 300 g/mol. The van der Waals surface area contributed by atoms with Crippen molar-refractivity contribution in [3.8, 4) is 0 Å². The molecule has 1 aromatic rings. The molecule has 5 heteroatoms. The van der Waals surface area contributed by atoms with Crippen molar-refractivity contribution in [1.82, 2.24) is 9.78 Å². The van der Waals surface area contributed by atoms with Gasteiger partial charge < -0.3 is 9.84 Å². The molecule has 2 rings (SSSR count). The average Bonchev–Trinajstić information content (AvgIpc) is 2.68. The maximum atomic E-state index is 10.9. The standard InChI is InChI=1S/C15H25ClN2O2/c1-3-10-18-13(12(16)11-17-18)14(19)15(20-2)8-6-4-5-7-9-15/h11,14,19H,3-10H2,1-2H3. The van der Waals surface area contributed by atoms with Gasteiger partial charge in [0.15, 0.2) is 0 Å². The third-order valence-electron chi connectivity index (χ3n) is 4.38. The van der Waals surface area contributed by atoms with Crippen LogP contribution in [0.5, 0.6) is 0 Å². The molecule has 20 heavy (non-hydrogen) atoms. The summed E-state index contributed by atoms with van der Waals surface area (Å²) in [7, 11) is 1.70. The first kappa shape index (κ1) is 15.8. The van der Waals surface area contributed by atoms with E-state index in [0.29, 0.717) is 10.7 Å². The number of rotatable bonds is 5. The van der Waals surface area contributed by atoms with E-state index in [1.54, 1.807) is 13.3 Å².